The number of primary amides is 1. The van der Waals surface area contributed by atoms with Crippen LogP contribution in [0.5, 0.6) is 0 Å². The molecule has 0 aliphatic heterocycles. The molecule has 7 heteroatoms. The van der Waals surface area contributed by atoms with E-state index in [1.54, 1.807) is 22.5 Å². The number of rotatable bonds is 6. The first-order valence-corrected chi connectivity index (χ1v) is 11.8. The fourth-order valence-corrected chi connectivity index (χ4v) is 4.35. The second-order valence-corrected chi connectivity index (χ2v) is 8.75. The van der Waals surface area contributed by atoms with Crippen LogP contribution < -0.4 is 5.73 Å². The van der Waals surface area contributed by atoms with Gasteiger partial charge in [-0.2, -0.15) is 5.10 Å². The van der Waals surface area contributed by atoms with E-state index in [9.17, 15) is 4.79 Å². The molecule has 1 amide bonds. The zero-order chi connectivity index (χ0) is 22.9. The first-order chi connectivity index (χ1) is 16.0. The molecule has 0 radical (unpaired) electrons. The van der Waals surface area contributed by atoms with E-state index < -0.39 is 5.91 Å². The fourth-order valence-electron chi connectivity index (χ4n) is 3.98. The van der Waals surface area contributed by atoms with Crippen LogP contribution in [-0.2, 0) is 6.54 Å². The van der Waals surface area contributed by atoms with Gasteiger partial charge in [-0.1, -0.05) is 30.3 Å². The van der Waals surface area contributed by atoms with Crippen LogP contribution in [0.15, 0.2) is 84.1 Å². The molecular formula is C26H23N5OS. The highest BCUT2D eigenvalue weighted by Crippen LogP contribution is 2.24. The molecule has 0 spiro atoms. The van der Waals surface area contributed by atoms with Crippen molar-refractivity contribution in [1.82, 2.24) is 19.3 Å². The highest BCUT2D eigenvalue weighted by Gasteiger charge is 2.11. The van der Waals surface area contributed by atoms with E-state index in [0.717, 1.165) is 45.0 Å². The molecule has 0 atom stereocenters. The molecule has 5 rings (SSSR count). The number of thioether (sulfide) groups is 1. The van der Waals surface area contributed by atoms with Crippen molar-refractivity contribution in [2.75, 3.05) is 6.26 Å². The van der Waals surface area contributed by atoms with Gasteiger partial charge in [0.05, 0.1) is 10.7 Å². The Morgan fingerprint density at radius 3 is 2.45 bits per heavy atom. The average molecular weight is 454 g/mol. The predicted octanol–water partition coefficient (Wildman–Crippen LogP) is 5.07. The molecule has 0 saturated heterocycles. The Kier molecular flexibility index (Phi) is 5.48. The number of aromatic nitrogens is 4. The maximum absolute atomic E-state index is 11.5. The van der Waals surface area contributed by atoms with E-state index in [0.29, 0.717) is 0 Å². The Morgan fingerprint density at radius 2 is 1.79 bits per heavy atom. The van der Waals surface area contributed by atoms with Gasteiger partial charge >= 0.3 is 0 Å². The Labute approximate surface area is 196 Å². The molecule has 33 heavy (non-hydrogen) atoms. The molecule has 2 aromatic carbocycles. The third-order valence-corrected chi connectivity index (χ3v) is 6.38. The number of fused-ring (bicyclic) bond motifs is 1. The molecule has 5 aromatic rings. The third kappa shape index (κ3) is 4.15. The Hall–Kier alpha value is -3.84. The summed E-state index contributed by atoms with van der Waals surface area (Å²) in [6.45, 7) is 2.69. The number of hydrogen-bond acceptors (Lipinski definition) is 4. The zero-order valence-corrected chi connectivity index (χ0v) is 19.2. The van der Waals surface area contributed by atoms with Crippen LogP contribution >= 0.6 is 11.8 Å². The smallest absolute Gasteiger partial charge is 0.269 e. The average Bonchev–Trinajstić information content (AvgIpc) is 3.43. The summed E-state index contributed by atoms with van der Waals surface area (Å²) in [5, 5.41) is 6.47. The molecule has 0 unspecified atom stereocenters. The number of benzene rings is 2. The monoisotopic (exact) mass is 453 g/mol. The highest BCUT2D eigenvalue weighted by atomic mass is 32.2. The molecular weight excluding hydrogens is 430 g/mol. The summed E-state index contributed by atoms with van der Waals surface area (Å²) in [7, 11) is 0. The number of pyridine rings is 1. The lowest BCUT2D eigenvalue weighted by Gasteiger charge is -2.09. The van der Waals surface area contributed by atoms with E-state index in [4.69, 9.17) is 5.73 Å². The van der Waals surface area contributed by atoms with Crippen molar-refractivity contribution in [1.29, 1.82) is 0 Å². The largest absolute Gasteiger partial charge is 0.364 e. The van der Waals surface area contributed by atoms with Crippen LogP contribution in [0, 0.1) is 6.92 Å². The van der Waals surface area contributed by atoms with Crippen molar-refractivity contribution in [2.24, 2.45) is 5.73 Å². The minimum atomic E-state index is -0.525. The lowest BCUT2D eigenvalue weighted by atomic mass is 10.1. The first-order valence-electron chi connectivity index (χ1n) is 10.6. The Morgan fingerprint density at radius 1 is 1.00 bits per heavy atom. The molecule has 0 fully saturated rings. The van der Waals surface area contributed by atoms with Crippen LogP contribution in [0.1, 0.15) is 21.7 Å². The number of carbonyl (C=O) groups is 1. The van der Waals surface area contributed by atoms with Crippen molar-refractivity contribution in [3.05, 3.63) is 96.1 Å². The van der Waals surface area contributed by atoms with Gasteiger partial charge in [0.1, 0.15) is 0 Å². The van der Waals surface area contributed by atoms with Gasteiger partial charge in [-0.3, -0.25) is 4.79 Å². The molecule has 164 valence electrons. The highest BCUT2D eigenvalue weighted by molar-refractivity contribution is 7.98. The van der Waals surface area contributed by atoms with Gasteiger partial charge in [0, 0.05) is 41.1 Å². The van der Waals surface area contributed by atoms with Gasteiger partial charge < -0.3 is 10.3 Å². The molecule has 0 saturated carbocycles. The number of amides is 1. The summed E-state index contributed by atoms with van der Waals surface area (Å²) < 4.78 is 3.98. The van der Waals surface area contributed by atoms with E-state index in [2.05, 4.69) is 69.4 Å². The molecule has 2 N–H and O–H groups in total. The van der Waals surface area contributed by atoms with E-state index in [1.165, 1.54) is 5.56 Å². The number of nitrogens with zero attached hydrogens (tertiary/aromatic N) is 4. The van der Waals surface area contributed by atoms with Crippen molar-refractivity contribution in [3.63, 3.8) is 0 Å². The summed E-state index contributed by atoms with van der Waals surface area (Å²) in [6, 6.07) is 22.7. The summed E-state index contributed by atoms with van der Waals surface area (Å²) >= 11 is 1.64. The zero-order valence-electron chi connectivity index (χ0n) is 18.4. The number of nitrogens with two attached hydrogens (primary N) is 1. The molecule has 0 aliphatic rings. The van der Waals surface area contributed by atoms with E-state index in [-0.39, 0.29) is 5.69 Å². The first kappa shape index (κ1) is 21.0. The SMILES string of the molecule is CSc1ccc(-c2ccc(Cn3ccc4cc(-n5nc(C(N)=O)cc5C)ccc43)cc2)cn1. The van der Waals surface area contributed by atoms with E-state index >= 15 is 0 Å². The normalized spacial score (nSPS) is 11.2. The van der Waals surface area contributed by atoms with Gasteiger partial charge in [0.15, 0.2) is 5.69 Å². The number of hydrogen-bond donors (Lipinski definition) is 1. The third-order valence-electron chi connectivity index (χ3n) is 5.72. The second-order valence-electron chi connectivity index (χ2n) is 7.92. The van der Waals surface area contributed by atoms with Gasteiger partial charge in [-0.05, 0) is 60.7 Å². The van der Waals surface area contributed by atoms with Crippen molar-refractivity contribution >= 4 is 28.6 Å². The van der Waals surface area contributed by atoms with Crippen LogP contribution in [0.3, 0.4) is 0 Å². The predicted molar refractivity (Wildman–Crippen MR) is 133 cm³/mol. The summed E-state index contributed by atoms with van der Waals surface area (Å²) in [5.41, 5.74) is 12.0. The fraction of sp³-hybridized carbons (Fsp3) is 0.115. The lowest BCUT2D eigenvalue weighted by molar-refractivity contribution is 0.0995. The summed E-state index contributed by atoms with van der Waals surface area (Å²) in [6.07, 6.45) is 6.05. The molecule has 0 bridgehead atoms. The Bertz CT molecular complexity index is 1450. The van der Waals surface area contributed by atoms with Crippen LogP contribution in [-0.4, -0.2) is 31.5 Å². The van der Waals surface area contributed by atoms with Crippen LogP contribution in [0.2, 0.25) is 0 Å². The topological polar surface area (TPSA) is 78.7 Å². The molecule has 3 heterocycles. The van der Waals surface area contributed by atoms with Gasteiger partial charge in [0.2, 0.25) is 0 Å². The Balaban J connectivity index is 1.38. The quantitative estimate of drug-likeness (QED) is 0.364. The van der Waals surface area contributed by atoms with Crippen molar-refractivity contribution in [3.8, 4) is 16.8 Å². The lowest BCUT2D eigenvalue weighted by Crippen LogP contribution is -2.12. The van der Waals surface area contributed by atoms with Crippen LogP contribution in [0.4, 0.5) is 0 Å². The molecule has 3 aromatic heterocycles. The minimum absolute atomic E-state index is 0.268. The van der Waals surface area contributed by atoms with E-state index in [1.807, 2.05) is 31.5 Å². The van der Waals surface area contributed by atoms with Crippen molar-refractivity contribution in [2.45, 2.75) is 18.5 Å². The summed E-state index contributed by atoms with van der Waals surface area (Å²) in [4.78, 5) is 15.9. The standard InChI is InChI=1S/C26H23N5OS/c1-17-13-23(26(27)32)29-31(17)22-8-9-24-20(14-22)11-12-30(24)16-18-3-5-19(6-4-18)21-7-10-25(33-2)28-15-21/h3-15H,16H2,1-2H3,(H2,27,32). The minimum Gasteiger partial charge on any atom is -0.364 e. The number of carbonyl (C=O) groups excluding carboxylic acids is 1. The molecule has 0 aliphatic carbocycles. The summed E-state index contributed by atoms with van der Waals surface area (Å²) in [5.74, 6) is -0.525. The van der Waals surface area contributed by atoms with Crippen molar-refractivity contribution < 1.29 is 4.79 Å². The van der Waals surface area contributed by atoms with Gasteiger partial charge in [-0.15, -0.1) is 11.8 Å². The second kappa shape index (κ2) is 8.60. The maximum Gasteiger partial charge on any atom is 0.269 e. The van der Waals surface area contributed by atoms with Gasteiger partial charge in [0.25, 0.3) is 5.91 Å². The maximum atomic E-state index is 11.5. The van der Waals surface area contributed by atoms with Crippen LogP contribution in [0.25, 0.3) is 27.7 Å². The number of aryl methyl sites for hydroxylation is 1. The molecule has 6 nitrogen and oxygen atoms in total. The van der Waals surface area contributed by atoms with Gasteiger partial charge in [-0.25, -0.2) is 9.67 Å².